The molecule has 2 amide bonds. The van der Waals surface area contributed by atoms with Gasteiger partial charge in [0.15, 0.2) is 16.1 Å². The number of hydrogen-bond acceptors (Lipinski definition) is 6. The molecule has 2 aliphatic heterocycles. The molecule has 8 heteroatoms. The number of nitrogens with zero attached hydrogens (tertiary/aromatic N) is 3. The molecule has 186 valence electrons. The molecule has 2 aliphatic rings. The van der Waals surface area contributed by atoms with Crippen molar-refractivity contribution in [3.05, 3.63) is 122 Å². The summed E-state index contributed by atoms with van der Waals surface area (Å²) in [5.41, 5.74) is 1.09. The standard InChI is InChI=1S/C30H21N3O4S/c1-17-18(2)38-29(31-17)33-27(35)26-24(25(34)20-12-6-9-15-23(20)37-26)30(33)21-13-7-8-14-22(21)32(28(30)36)16-19-10-4-3-5-11-19/h3-15H,16H2,1-2H3. The SMILES string of the molecule is Cc1nc(N2C(=O)c3oc4ccccc4c(=O)c3C23C(=O)N(Cc2ccccc2)c2ccccc23)sc1C. The summed E-state index contributed by atoms with van der Waals surface area (Å²) in [7, 11) is 0. The fourth-order valence-electron chi connectivity index (χ4n) is 5.58. The van der Waals surface area contributed by atoms with Crippen molar-refractivity contribution < 1.29 is 14.0 Å². The highest BCUT2D eigenvalue weighted by Crippen LogP contribution is 2.54. The first-order valence-corrected chi connectivity index (χ1v) is 13.0. The Hall–Kier alpha value is -4.56. The molecule has 7 rings (SSSR count). The van der Waals surface area contributed by atoms with Crippen LogP contribution >= 0.6 is 11.3 Å². The molecular weight excluding hydrogens is 498 g/mol. The fourth-order valence-corrected chi connectivity index (χ4v) is 6.55. The van der Waals surface area contributed by atoms with E-state index in [1.807, 2.05) is 68.4 Å². The summed E-state index contributed by atoms with van der Waals surface area (Å²) >= 11 is 1.32. The second kappa shape index (κ2) is 7.97. The third kappa shape index (κ3) is 2.83. The number of para-hydroxylation sites is 2. The number of benzene rings is 3. The normalized spacial score (nSPS) is 18.1. The summed E-state index contributed by atoms with van der Waals surface area (Å²) in [5.74, 6) is -1.06. The monoisotopic (exact) mass is 519 g/mol. The highest BCUT2D eigenvalue weighted by molar-refractivity contribution is 7.16. The van der Waals surface area contributed by atoms with Crippen LogP contribution in [0.5, 0.6) is 0 Å². The van der Waals surface area contributed by atoms with E-state index in [1.54, 1.807) is 29.2 Å². The first-order valence-electron chi connectivity index (χ1n) is 12.2. The van der Waals surface area contributed by atoms with Gasteiger partial charge in [-0.2, -0.15) is 0 Å². The second-order valence-corrected chi connectivity index (χ2v) is 10.7. The largest absolute Gasteiger partial charge is 0.450 e. The molecule has 7 nitrogen and oxygen atoms in total. The zero-order chi connectivity index (χ0) is 26.2. The third-order valence-corrected chi connectivity index (χ3v) is 8.48. The van der Waals surface area contributed by atoms with Crippen LogP contribution in [0.1, 0.15) is 37.8 Å². The van der Waals surface area contributed by atoms with Crippen LogP contribution in [0.4, 0.5) is 10.8 Å². The van der Waals surface area contributed by atoms with Gasteiger partial charge in [0, 0.05) is 10.4 Å². The second-order valence-electron chi connectivity index (χ2n) is 9.51. The molecule has 38 heavy (non-hydrogen) atoms. The topological polar surface area (TPSA) is 83.7 Å². The third-order valence-electron chi connectivity index (χ3n) is 7.42. The number of anilines is 2. The van der Waals surface area contributed by atoms with E-state index in [-0.39, 0.29) is 23.8 Å². The van der Waals surface area contributed by atoms with Crippen molar-refractivity contribution in [2.75, 3.05) is 9.80 Å². The van der Waals surface area contributed by atoms with E-state index in [1.165, 1.54) is 16.2 Å². The molecule has 0 radical (unpaired) electrons. The maximum absolute atomic E-state index is 14.8. The van der Waals surface area contributed by atoms with Gasteiger partial charge in [-0.15, -0.1) is 11.3 Å². The molecule has 4 heterocycles. The minimum atomic E-state index is -1.74. The van der Waals surface area contributed by atoms with Crippen molar-refractivity contribution in [2.45, 2.75) is 25.9 Å². The number of amides is 2. The average Bonchev–Trinajstić information content (AvgIpc) is 3.49. The van der Waals surface area contributed by atoms with E-state index in [4.69, 9.17) is 4.42 Å². The van der Waals surface area contributed by atoms with E-state index in [2.05, 4.69) is 4.98 Å². The van der Waals surface area contributed by atoms with Crippen LogP contribution in [-0.4, -0.2) is 16.8 Å². The number of fused-ring (bicyclic) bond motifs is 5. The first-order chi connectivity index (χ1) is 18.4. The van der Waals surface area contributed by atoms with Gasteiger partial charge in [-0.3, -0.25) is 19.3 Å². The minimum Gasteiger partial charge on any atom is -0.450 e. The van der Waals surface area contributed by atoms with Gasteiger partial charge in [0.2, 0.25) is 5.76 Å². The predicted octanol–water partition coefficient (Wildman–Crippen LogP) is 5.32. The summed E-state index contributed by atoms with van der Waals surface area (Å²) in [4.78, 5) is 51.8. The maximum Gasteiger partial charge on any atom is 0.297 e. The van der Waals surface area contributed by atoms with Crippen molar-refractivity contribution in [2.24, 2.45) is 0 Å². The molecule has 0 aliphatic carbocycles. The van der Waals surface area contributed by atoms with Crippen LogP contribution < -0.4 is 15.2 Å². The van der Waals surface area contributed by atoms with Gasteiger partial charge in [-0.1, -0.05) is 60.7 Å². The molecule has 0 saturated heterocycles. The molecule has 0 saturated carbocycles. The fraction of sp³-hybridized carbons (Fsp3) is 0.133. The van der Waals surface area contributed by atoms with Crippen LogP contribution in [0.3, 0.4) is 0 Å². The van der Waals surface area contributed by atoms with Gasteiger partial charge in [0.1, 0.15) is 5.58 Å². The van der Waals surface area contributed by atoms with Crippen LogP contribution in [0, 0.1) is 13.8 Å². The Bertz CT molecular complexity index is 1840. The highest BCUT2D eigenvalue weighted by Gasteiger charge is 2.66. The lowest BCUT2D eigenvalue weighted by molar-refractivity contribution is -0.121. The average molecular weight is 520 g/mol. The Morgan fingerprint density at radius 2 is 1.61 bits per heavy atom. The van der Waals surface area contributed by atoms with Crippen molar-refractivity contribution in [1.82, 2.24) is 4.98 Å². The number of carbonyl (C=O) groups excluding carboxylic acids is 2. The Morgan fingerprint density at radius 3 is 2.37 bits per heavy atom. The van der Waals surface area contributed by atoms with E-state index in [9.17, 15) is 14.4 Å². The van der Waals surface area contributed by atoms with Gasteiger partial charge in [0.25, 0.3) is 11.8 Å². The first kappa shape index (κ1) is 22.6. The zero-order valence-electron chi connectivity index (χ0n) is 20.6. The Kier molecular flexibility index (Phi) is 4.74. The van der Waals surface area contributed by atoms with Gasteiger partial charge < -0.3 is 9.32 Å². The molecule has 1 spiro atoms. The molecule has 0 bridgehead atoms. The van der Waals surface area contributed by atoms with Crippen molar-refractivity contribution in [3.63, 3.8) is 0 Å². The summed E-state index contributed by atoms with van der Waals surface area (Å²) in [6.45, 7) is 4.06. The Labute approximate surface area is 221 Å². The number of aromatic nitrogens is 1. The molecule has 1 unspecified atom stereocenters. The van der Waals surface area contributed by atoms with Gasteiger partial charge in [-0.25, -0.2) is 4.98 Å². The number of rotatable bonds is 3. The molecule has 2 aromatic heterocycles. The molecule has 0 fully saturated rings. The number of thiazole rings is 1. The van der Waals surface area contributed by atoms with Crippen molar-refractivity contribution in [1.29, 1.82) is 0 Å². The number of aryl methyl sites for hydroxylation is 2. The van der Waals surface area contributed by atoms with E-state index in [0.29, 0.717) is 27.4 Å². The predicted molar refractivity (Wildman–Crippen MR) is 146 cm³/mol. The molecular formula is C30H21N3O4S. The minimum absolute atomic E-state index is 0.0414. The van der Waals surface area contributed by atoms with Crippen LogP contribution in [0.15, 0.2) is 88.1 Å². The Morgan fingerprint density at radius 1 is 0.895 bits per heavy atom. The van der Waals surface area contributed by atoms with E-state index < -0.39 is 16.9 Å². The van der Waals surface area contributed by atoms with Crippen LogP contribution in [-0.2, 0) is 16.9 Å². The van der Waals surface area contributed by atoms with Crippen LogP contribution in [0.2, 0.25) is 0 Å². The van der Waals surface area contributed by atoms with Crippen molar-refractivity contribution >= 4 is 44.9 Å². The summed E-state index contributed by atoms with van der Waals surface area (Å²) < 4.78 is 6.10. The maximum atomic E-state index is 14.8. The molecule has 3 aromatic carbocycles. The lowest BCUT2D eigenvalue weighted by Crippen LogP contribution is -2.53. The smallest absolute Gasteiger partial charge is 0.297 e. The lowest BCUT2D eigenvalue weighted by atomic mass is 9.84. The molecule has 1 atom stereocenters. The Balaban J connectivity index is 1.58. The summed E-state index contributed by atoms with van der Waals surface area (Å²) in [6, 6.07) is 23.8. The number of carbonyl (C=O) groups is 2. The molecule has 0 N–H and O–H groups in total. The molecule has 5 aromatic rings. The highest BCUT2D eigenvalue weighted by atomic mass is 32.1. The van der Waals surface area contributed by atoms with Gasteiger partial charge >= 0.3 is 0 Å². The van der Waals surface area contributed by atoms with Crippen molar-refractivity contribution in [3.8, 4) is 0 Å². The quantitative estimate of drug-likeness (QED) is 0.322. The van der Waals surface area contributed by atoms with Gasteiger partial charge in [-0.05, 0) is 37.6 Å². The summed E-state index contributed by atoms with van der Waals surface area (Å²) in [6.07, 6.45) is 0. The van der Waals surface area contributed by atoms with Gasteiger partial charge in [0.05, 0.1) is 28.9 Å². The lowest BCUT2D eigenvalue weighted by Gasteiger charge is -2.32. The van der Waals surface area contributed by atoms with E-state index >= 15 is 0 Å². The zero-order valence-corrected chi connectivity index (χ0v) is 21.4. The van der Waals surface area contributed by atoms with Crippen LogP contribution in [0.25, 0.3) is 11.0 Å². The van der Waals surface area contributed by atoms with E-state index in [0.717, 1.165) is 16.1 Å². The number of hydrogen-bond donors (Lipinski definition) is 0. The summed E-state index contributed by atoms with van der Waals surface area (Å²) in [5, 5.41) is 0.670.